The minimum absolute atomic E-state index is 0.108. The molecule has 31 heavy (non-hydrogen) atoms. The van der Waals surface area contributed by atoms with Gasteiger partial charge >= 0.3 is 0 Å². The molecule has 2 unspecified atom stereocenters. The highest BCUT2D eigenvalue weighted by Gasteiger charge is 2.42. The van der Waals surface area contributed by atoms with Gasteiger partial charge in [0.1, 0.15) is 11.2 Å². The van der Waals surface area contributed by atoms with Crippen molar-refractivity contribution in [1.29, 1.82) is 0 Å². The smallest absolute Gasteiger partial charge is 0.262 e. The van der Waals surface area contributed by atoms with Gasteiger partial charge in [0.2, 0.25) is 11.8 Å². The van der Waals surface area contributed by atoms with Crippen LogP contribution in [-0.2, 0) is 4.79 Å². The van der Waals surface area contributed by atoms with E-state index in [-0.39, 0.29) is 42.2 Å². The Kier molecular flexibility index (Phi) is 5.09. The number of aromatic amines is 1. The number of carbonyl (C=O) groups is 1. The molecule has 3 fully saturated rings. The number of alkyl halides is 2. The number of nitrogens with one attached hydrogen (secondary N) is 1. The molecule has 2 aromatic rings. The fourth-order valence-electron chi connectivity index (χ4n) is 5.25. The molecule has 0 radical (unpaired) electrons. The van der Waals surface area contributed by atoms with Crippen molar-refractivity contribution in [1.82, 2.24) is 24.6 Å². The first-order valence-electron chi connectivity index (χ1n) is 11.5. The van der Waals surface area contributed by atoms with Crippen molar-refractivity contribution in [3.63, 3.8) is 0 Å². The number of halogens is 2. The average Bonchev–Trinajstić information content (AvgIpc) is 3.12. The number of hydrogen-bond donors (Lipinski definition) is 1. The predicted octanol–water partition coefficient (Wildman–Crippen LogP) is 3.62. The first kappa shape index (κ1) is 20.6. The monoisotopic (exact) mass is 433 g/mol. The fourth-order valence-corrected chi connectivity index (χ4v) is 5.25. The van der Waals surface area contributed by atoms with Crippen LogP contribution in [0.15, 0.2) is 11.0 Å². The van der Waals surface area contributed by atoms with Crippen LogP contribution in [0.2, 0.25) is 0 Å². The van der Waals surface area contributed by atoms with Crippen molar-refractivity contribution >= 4 is 16.9 Å². The highest BCUT2D eigenvalue weighted by molar-refractivity contribution is 5.81. The highest BCUT2D eigenvalue weighted by Crippen LogP contribution is 2.43. The number of fused-ring (bicyclic) bond motifs is 1. The number of nitrogens with zero attached hydrogens (tertiary/aromatic N) is 4. The fraction of sp³-hybridized carbons (Fsp3) is 0.727. The Morgan fingerprint density at radius 3 is 2.48 bits per heavy atom. The zero-order chi connectivity index (χ0) is 21.8. The van der Waals surface area contributed by atoms with Gasteiger partial charge in [-0.15, -0.1) is 0 Å². The van der Waals surface area contributed by atoms with Crippen LogP contribution in [0.3, 0.4) is 0 Å². The Balaban J connectivity index is 1.39. The molecule has 1 amide bonds. The standard InChI is InChI=1S/C22H29F2N5O2/c1-13-6-10-28(11-7-13)21(31)16-3-2-15(16)18-26-19-17(20(30)27-18)12-25-29(19)14-4-8-22(23,24)9-5-14/h12-16H,2-11H2,1H3,(H,26,27,30). The van der Waals surface area contributed by atoms with Crippen LogP contribution in [0, 0.1) is 11.8 Å². The molecule has 3 heterocycles. The van der Waals surface area contributed by atoms with Gasteiger partial charge in [-0.3, -0.25) is 9.59 Å². The van der Waals surface area contributed by atoms with Gasteiger partial charge in [-0.25, -0.2) is 18.4 Å². The summed E-state index contributed by atoms with van der Waals surface area (Å²) in [6.45, 7) is 3.81. The molecule has 168 valence electrons. The van der Waals surface area contributed by atoms with Crippen molar-refractivity contribution in [3.05, 3.63) is 22.4 Å². The predicted molar refractivity (Wildman–Crippen MR) is 111 cm³/mol. The van der Waals surface area contributed by atoms with Crippen molar-refractivity contribution < 1.29 is 13.6 Å². The maximum Gasteiger partial charge on any atom is 0.262 e. The summed E-state index contributed by atoms with van der Waals surface area (Å²) in [5.41, 5.74) is 0.163. The van der Waals surface area contributed by atoms with Crippen LogP contribution in [0.1, 0.15) is 76.1 Å². The van der Waals surface area contributed by atoms with Crippen LogP contribution in [0.25, 0.3) is 11.0 Å². The van der Waals surface area contributed by atoms with Crippen LogP contribution in [-0.4, -0.2) is 49.6 Å². The number of amides is 1. The summed E-state index contributed by atoms with van der Waals surface area (Å²) < 4.78 is 28.8. The molecule has 0 aromatic carbocycles. The molecule has 1 saturated heterocycles. The summed E-state index contributed by atoms with van der Waals surface area (Å²) in [5.74, 6) is -1.55. The second-order valence-corrected chi connectivity index (χ2v) is 9.66. The number of carbonyl (C=O) groups excluding carboxylic acids is 1. The van der Waals surface area contributed by atoms with Crippen LogP contribution in [0.5, 0.6) is 0 Å². The van der Waals surface area contributed by atoms with Crippen LogP contribution < -0.4 is 5.56 Å². The van der Waals surface area contributed by atoms with Gasteiger partial charge in [0, 0.05) is 37.8 Å². The van der Waals surface area contributed by atoms with Gasteiger partial charge in [-0.05, 0) is 44.4 Å². The summed E-state index contributed by atoms with van der Waals surface area (Å²) in [6, 6.07) is -0.187. The summed E-state index contributed by atoms with van der Waals surface area (Å²) >= 11 is 0. The molecule has 0 bridgehead atoms. The van der Waals surface area contributed by atoms with Gasteiger partial charge in [0.15, 0.2) is 5.65 Å². The average molecular weight is 434 g/mol. The molecule has 1 N–H and O–H groups in total. The van der Waals surface area contributed by atoms with E-state index in [4.69, 9.17) is 4.98 Å². The van der Waals surface area contributed by atoms with Gasteiger partial charge in [0.05, 0.1) is 12.2 Å². The van der Waals surface area contributed by atoms with E-state index >= 15 is 0 Å². The number of piperidine rings is 1. The minimum Gasteiger partial charge on any atom is -0.342 e. The third-order valence-electron chi connectivity index (χ3n) is 7.55. The quantitative estimate of drug-likeness (QED) is 0.801. The molecular formula is C22H29F2N5O2. The van der Waals surface area contributed by atoms with E-state index in [9.17, 15) is 18.4 Å². The normalized spacial score (nSPS) is 27.4. The van der Waals surface area contributed by atoms with Crippen molar-refractivity contribution in [2.24, 2.45) is 11.8 Å². The number of likely N-dealkylation sites (tertiary alicyclic amines) is 1. The van der Waals surface area contributed by atoms with Crippen molar-refractivity contribution in [2.75, 3.05) is 13.1 Å². The highest BCUT2D eigenvalue weighted by atomic mass is 19.3. The van der Waals surface area contributed by atoms with E-state index in [1.54, 1.807) is 4.68 Å². The molecule has 2 aliphatic carbocycles. The van der Waals surface area contributed by atoms with E-state index in [1.807, 2.05) is 4.90 Å². The molecule has 5 rings (SSSR count). The molecule has 2 aromatic heterocycles. The van der Waals surface area contributed by atoms with Gasteiger partial charge in [0.25, 0.3) is 5.56 Å². The number of rotatable bonds is 3. The largest absolute Gasteiger partial charge is 0.342 e. The Hall–Kier alpha value is -2.32. The lowest BCUT2D eigenvalue weighted by Crippen LogP contribution is -2.46. The number of hydrogen-bond acceptors (Lipinski definition) is 4. The maximum absolute atomic E-state index is 13.6. The lowest BCUT2D eigenvalue weighted by Gasteiger charge is -2.40. The zero-order valence-corrected chi connectivity index (χ0v) is 17.8. The Labute approximate surface area is 179 Å². The molecule has 2 saturated carbocycles. The summed E-state index contributed by atoms with van der Waals surface area (Å²) in [5, 5.41) is 4.69. The molecule has 1 aliphatic heterocycles. The third kappa shape index (κ3) is 3.76. The van der Waals surface area contributed by atoms with Crippen molar-refractivity contribution in [3.8, 4) is 0 Å². The van der Waals surface area contributed by atoms with Gasteiger partial charge in [-0.2, -0.15) is 5.10 Å². The molecule has 7 nitrogen and oxygen atoms in total. The summed E-state index contributed by atoms with van der Waals surface area (Å²) in [4.78, 5) is 35.3. The maximum atomic E-state index is 13.6. The first-order valence-corrected chi connectivity index (χ1v) is 11.5. The van der Waals surface area contributed by atoms with Crippen LogP contribution in [0.4, 0.5) is 8.78 Å². The Bertz CT molecular complexity index is 1030. The van der Waals surface area contributed by atoms with Crippen molar-refractivity contribution in [2.45, 2.75) is 76.2 Å². The number of H-pyrrole nitrogens is 1. The molecule has 9 heteroatoms. The SMILES string of the molecule is CC1CCN(C(=O)C2CCC2c2nc3c(cnn3C3CCC(F)(F)CC3)c(=O)[nH]2)CC1. The Morgan fingerprint density at radius 2 is 1.84 bits per heavy atom. The first-order chi connectivity index (χ1) is 14.8. The van der Waals surface area contributed by atoms with E-state index in [0.29, 0.717) is 35.6 Å². The van der Waals surface area contributed by atoms with E-state index < -0.39 is 5.92 Å². The lowest BCUT2D eigenvalue weighted by molar-refractivity contribution is -0.140. The topological polar surface area (TPSA) is 83.9 Å². The van der Waals surface area contributed by atoms with E-state index in [0.717, 1.165) is 38.8 Å². The molecular weight excluding hydrogens is 404 g/mol. The lowest BCUT2D eigenvalue weighted by atomic mass is 9.72. The molecule has 2 atom stereocenters. The van der Waals surface area contributed by atoms with E-state index in [1.165, 1.54) is 6.20 Å². The van der Waals surface area contributed by atoms with Crippen LogP contribution >= 0.6 is 0 Å². The second kappa shape index (κ2) is 7.67. The minimum atomic E-state index is -2.62. The zero-order valence-electron chi connectivity index (χ0n) is 17.8. The summed E-state index contributed by atoms with van der Waals surface area (Å²) in [7, 11) is 0. The number of aromatic nitrogens is 4. The third-order valence-corrected chi connectivity index (χ3v) is 7.55. The van der Waals surface area contributed by atoms with Gasteiger partial charge in [-0.1, -0.05) is 6.92 Å². The molecule has 0 spiro atoms. The molecule has 3 aliphatic rings. The van der Waals surface area contributed by atoms with Gasteiger partial charge < -0.3 is 9.88 Å². The second-order valence-electron chi connectivity index (χ2n) is 9.66. The Morgan fingerprint density at radius 1 is 1.13 bits per heavy atom. The summed E-state index contributed by atoms with van der Waals surface area (Å²) in [6.07, 6.45) is 5.40. The van der Waals surface area contributed by atoms with E-state index in [2.05, 4.69) is 17.0 Å².